The van der Waals surface area contributed by atoms with Crippen molar-refractivity contribution in [1.29, 1.82) is 0 Å². The summed E-state index contributed by atoms with van der Waals surface area (Å²) in [7, 11) is 0. The molecule has 1 aromatic heterocycles. The van der Waals surface area contributed by atoms with Gasteiger partial charge in [-0.2, -0.15) is 0 Å². The topological polar surface area (TPSA) is 60.5 Å². The molecule has 1 aliphatic heterocycles. The molecule has 1 unspecified atom stereocenters. The lowest BCUT2D eigenvalue weighted by molar-refractivity contribution is -0.115. The molecule has 4 rings (SSSR count). The maximum atomic E-state index is 12.9. The molecule has 1 aromatic carbocycles. The number of nitrogens with zero attached hydrogens (tertiary/aromatic N) is 1. The predicted molar refractivity (Wildman–Crippen MR) is 95.9 cm³/mol. The highest BCUT2D eigenvalue weighted by atomic mass is 32.2. The molecule has 2 heterocycles. The van der Waals surface area contributed by atoms with E-state index in [0.29, 0.717) is 16.1 Å². The predicted octanol–water partition coefficient (Wildman–Crippen LogP) is 4.23. The number of thioether (sulfide) groups is 1. The van der Waals surface area contributed by atoms with Crippen LogP contribution in [0.5, 0.6) is 11.5 Å². The van der Waals surface area contributed by atoms with E-state index < -0.39 is 0 Å². The number of nitrogens with one attached hydrogen (secondary N) is 1. The Morgan fingerprint density at radius 2 is 2.12 bits per heavy atom. The van der Waals surface area contributed by atoms with Crippen LogP contribution in [0.4, 0.5) is 5.13 Å². The Labute approximate surface area is 148 Å². The Balaban J connectivity index is 1.58. The Bertz CT molecular complexity index is 715. The van der Waals surface area contributed by atoms with Gasteiger partial charge in [0.25, 0.3) is 0 Å². The first-order chi connectivity index (χ1) is 11.8. The van der Waals surface area contributed by atoms with Crippen LogP contribution in [0, 0.1) is 0 Å². The number of rotatable bonds is 5. The smallest absolute Gasteiger partial charge is 0.243 e. The van der Waals surface area contributed by atoms with E-state index in [4.69, 9.17) is 9.47 Å². The molecular formula is C17H18N2O3S2. The monoisotopic (exact) mass is 362 g/mol. The third-order valence-corrected chi connectivity index (χ3v) is 6.53. The van der Waals surface area contributed by atoms with Gasteiger partial charge in [-0.3, -0.25) is 4.79 Å². The molecule has 1 atom stereocenters. The van der Waals surface area contributed by atoms with Crippen molar-refractivity contribution in [3.8, 4) is 11.5 Å². The van der Waals surface area contributed by atoms with Gasteiger partial charge >= 0.3 is 0 Å². The molecule has 126 valence electrons. The lowest BCUT2D eigenvalue weighted by Gasteiger charge is -2.20. The van der Waals surface area contributed by atoms with Gasteiger partial charge in [-0.25, -0.2) is 4.98 Å². The Morgan fingerprint density at radius 1 is 1.29 bits per heavy atom. The molecule has 0 spiro atoms. The van der Waals surface area contributed by atoms with Crippen LogP contribution in [0.2, 0.25) is 0 Å². The van der Waals surface area contributed by atoms with Crippen LogP contribution in [0.25, 0.3) is 0 Å². The number of carbonyl (C=O) groups is 1. The van der Waals surface area contributed by atoms with Gasteiger partial charge in [0.15, 0.2) is 16.6 Å². The van der Waals surface area contributed by atoms with Gasteiger partial charge in [0.05, 0.1) is 0 Å². The number of amides is 1. The fraction of sp³-hybridized carbons (Fsp3) is 0.412. The van der Waals surface area contributed by atoms with Crippen molar-refractivity contribution in [2.75, 3.05) is 12.1 Å². The summed E-state index contributed by atoms with van der Waals surface area (Å²) in [6.07, 6.45) is 6.55. The first-order valence-electron chi connectivity index (χ1n) is 8.05. The van der Waals surface area contributed by atoms with E-state index in [0.717, 1.165) is 11.3 Å². The quantitative estimate of drug-likeness (QED) is 0.862. The second-order valence-corrected chi connectivity index (χ2v) is 8.17. The van der Waals surface area contributed by atoms with Crippen LogP contribution < -0.4 is 14.8 Å². The Morgan fingerprint density at radius 3 is 2.92 bits per heavy atom. The van der Waals surface area contributed by atoms with Crippen molar-refractivity contribution in [2.24, 2.45) is 0 Å². The number of thiazole rings is 1. The molecule has 1 N–H and O–H groups in total. The normalized spacial score (nSPS) is 17.8. The summed E-state index contributed by atoms with van der Waals surface area (Å²) < 4.78 is 10.8. The molecule has 0 saturated heterocycles. The van der Waals surface area contributed by atoms with E-state index in [2.05, 4.69) is 10.3 Å². The van der Waals surface area contributed by atoms with Crippen LogP contribution in [0.1, 0.15) is 36.5 Å². The summed E-state index contributed by atoms with van der Waals surface area (Å²) >= 11 is 3.18. The zero-order valence-electron chi connectivity index (χ0n) is 13.1. The van der Waals surface area contributed by atoms with E-state index in [-0.39, 0.29) is 18.0 Å². The van der Waals surface area contributed by atoms with Gasteiger partial charge in [-0.15, -0.1) is 23.1 Å². The lowest BCUT2D eigenvalue weighted by Crippen LogP contribution is -2.20. The maximum absolute atomic E-state index is 12.9. The number of carbonyl (C=O) groups excluding carboxylic acids is 1. The second-order valence-electron chi connectivity index (χ2n) is 5.86. The third kappa shape index (κ3) is 3.37. The Kier molecular flexibility index (Phi) is 4.62. The van der Waals surface area contributed by atoms with Crippen LogP contribution in [0.15, 0.2) is 29.8 Å². The van der Waals surface area contributed by atoms with Gasteiger partial charge < -0.3 is 14.8 Å². The average molecular weight is 362 g/mol. The van der Waals surface area contributed by atoms with Crippen molar-refractivity contribution in [3.63, 3.8) is 0 Å². The van der Waals surface area contributed by atoms with Gasteiger partial charge in [0.1, 0.15) is 5.25 Å². The average Bonchev–Trinajstić information content (AvgIpc) is 3.33. The standard InChI is InChI=1S/C17H18N2O3S2/c20-16(19-17-18-7-8-23-17)15(24-12-3-1-2-4-12)11-5-6-13-14(9-11)22-10-21-13/h5-9,12,15H,1-4,10H2,(H,18,19,20). The minimum Gasteiger partial charge on any atom is -0.454 e. The Hall–Kier alpha value is -1.73. The summed E-state index contributed by atoms with van der Waals surface area (Å²) in [6, 6.07) is 5.77. The van der Waals surface area contributed by atoms with Gasteiger partial charge in [0.2, 0.25) is 12.7 Å². The van der Waals surface area contributed by atoms with Gasteiger partial charge in [-0.05, 0) is 30.5 Å². The van der Waals surface area contributed by atoms with Crippen molar-refractivity contribution in [1.82, 2.24) is 4.98 Å². The summed E-state index contributed by atoms with van der Waals surface area (Å²) in [4.78, 5) is 17.0. The number of ether oxygens (including phenoxy) is 2. The molecule has 5 nitrogen and oxygen atoms in total. The number of hydrogen-bond acceptors (Lipinski definition) is 6. The summed E-state index contributed by atoms with van der Waals surface area (Å²) in [5, 5.41) is 5.69. The molecule has 1 saturated carbocycles. The van der Waals surface area contributed by atoms with E-state index in [1.165, 1.54) is 37.0 Å². The summed E-state index contributed by atoms with van der Waals surface area (Å²) in [6.45, 7) is 0.241. The fourth-order valence-corrected chi connectivity index (χ4v) is 5.05. The third-order valence-electron chi connectivity index (χ3n) is 4.23. The SMILES string of the molecule is O=C(Nc1nccs1)C(SC1CCCC1)c1ccc2c(c1)OCO2. The molecule has 1 aliphatic carbocycles. The maximum Gasteiger partial charge on any atom is 0.243 e. The van der Waals surface area contributed by atoms with E-state index in [9.17, 15) is 4.79 Å². The lowest BCUT2D eigenvalue weighted by atomic mass is 10.1. The number of anilines is 1. The molecular weight excluding hydrogens is 344 g/mol. The number of fused-ring (bicyclic) bond motifs is 1. The fourth-order valence-electron chi connectivity index (χ4n) is 3.04. The largest absolute Gasteiger partial charge is 0.454 e. The van der Waals surface area contributed by atoms with Gasteiger partial charge in [-0.1, -0.05) is 18.9 Å². The highest BCUT2D eigenvalue weighted by Crippen LogP contribution is 2.43. The zero-order valence-corrected chi connectivity index (χ0v) is 14.7. The number of hydrogen-bond donors (Lipinski definition) is 1. The number of aromatic nitrogens is 1. The second kappa shape index (κ2) is 7.03. The van der Waals surface area contributed by atoms with Crippen LogP contribution in [-0.4, -0.2) is 22.9 Å². The highest BCUT2D eigenvalue weighted by Gasteiger charge is 2.29. The summed E-state index contributed by atoms with van der Waals surface area (Å²) in [5.41, 5.74) is 0.949. The minimum atomic E-state index is -0.272. The van der Waals surface area contributed by atoms with Crippen LogP contribution >= 0.6 is 23.1 Å². The molecule has 0 radical (unpaired) electrons. The van der Waals surface area contributed by atoms with E-state index in [1.54, 1.807) is 18.0 Å². The van der Waals surface area contributed by atoms with Gasteiger partial charge in [0, 0.05) is 16.8 Å². The zero-order chi connectivity index (χ0) is 16.4. The molecule has 1 fully saturated rings. The summed E-state index contributed by atoms with van der Waals surface area (Å²) in [5.74, 6) is 1.43. The van der Waals surface area contributed by atoms with Crippen molar-refractivity contribution >= 4 is 34.1 Å². The molecule has 2 aliphatic rings. The van der Waals surface area contributed by atoms with Crippen molar-refractivity contribution in [3.05, 3.63) is 35.3 Å². The van der Waals surface area contributed by atoms with Crippen LogP contribution in [-0.2, 0) is 4.79 Å². The molecule has 7 heteroatoms. The van der Waals surface area contributed by atoms with Crippen molar-refractivity contribution in [2.45, 2.75) is 36.2 Å². The number of benzene rings is 1. The van der Waals surface area contributed by atoms with E-state index >= 15 is 0 Å². The highest BCUT2D eigenvalue weighted by molar-refractivity contribution is 8.00. The molecule has 24 heavy (non-hydrogen) atoms. The minimum absolute atomic E-state index is 0.0271. The first kappa shape index (κ1) is 15.8. The van der Waals surface area contributed by atoms with Crippen molar-refractivity contribution < 1.29 is 14.3 Å². The van der Waals surface area contributed by atoms with E-state index in [1.807, 2.05) is 23.6 Å². The van der Waals surface area contributed by atoms with Crippen LogP contribution in [0.3, 0.4) is 0 Å². The molecule has 1 amide bonds. The first-order valence-corrected chi connectivity index (χ1v) is 9.87. The molecule has 0 bridgehead atoms. The molecule has 2 aromatic rings.